The minimum atomic E-state index is -0.269. The second kappa shape index (κ2) is 7.77. The number of carbonyl (C=O) groups is 1. The average molecular weight is 355 g/mol. The molecule has 138 valence electrons. The van der Waals surface area contributed by atoms with Gasteiger partial charge in [-0.3, -0.25) is 4.79 Å². The fourth-order valence-electron chi connectivity index (χ4n) is 3.25. The molecule has 26 heavy (non-hydrogen) atoms. The van der Waals surface area contributed by atoms with Gasteiger partial charge in [0, 0.05) is 37.6 Å². The Balaban J connectivity index is 1.55. The molecule has 0 spiro atoms. The first-order valence-electron chi connectivity index (χ1n) is 9.07. The van der Waals surface area contributed by atoms with Crippen molar-refractivity contribution in [2.75, 3.05) is 36.4 Å². The van der Waals surface area contributed by atoms with Gasteiger partial charge < -0.3 is 15.1 Å². The molecule has 1 aliphatic rings. The van der Waals surface area contributed by atoms with Crippen molar-refractivity contribution in [1.29, 1.82) is 0 Å². The lowest BCUT2D eigenvalue weighted by molar-refractivity contribution is -0.131. The summed E-state index contributed by atoms with van der Waals surface area (Å²) in [6.07, 6.45) is 0. The van der Waals surface area contributed by atoms with Gasteiger partial charge in [-0.1, -0.05) is 6.07 Å². The molecule has 0 aromatic heterocycles. The SMILES string of the molecule is Cc1ccc(NC(C)C(=O)N2CCN(c3ccc(F)cc3)CC2)cc1C. The van der Waals surface area contributed by atoms with E-state index in [1.807, 2.05) is 17.9 Å². The maximum atomic E-state index is 13.1. The molecule has 1 amide bonds. The molecular formula is C21H26FN3O. The summed E-state index contributed by atoms with van der Waals surface area (Å²) in [6.45, 7) is 8.92. The van der Waals surface area contributed by atoms with Crippen LogP contribution in [0.25, 0.3) is 0 Å². The quantitative estimate of drug-likeness (QED) is 0.910. The highest BCUT2D eigenvalue weighted by Gasteiger charge is 2.25. The third kappa shape index (κ3) is 4.15. The molecular weight excluding hydrogens is 329 g/mol. The summed E-state index contributed by atoms with van der Waals surface area (Å²) in [6, 6.07) is 12.4. The molecule has 0 aliphatic carbocycles. The summed E-state index contributed by atoms with van der Waals surface area (Å²) in [5.41, 5.74) is 4.42. The number of nitrogens with one attached hydrogen (secondary N) is 1. The van der Waals surface area contributed by atoms with E-state index in [0.29, 0.717) is 13.1 Å². The van der Waals surface area contributed by atoms with Crippen LogP contribution in [0.4, 0.5) is 15.8 Å². The average Bonchev–Trinajstić information content (AvgIpc) is 2.65. The zero-order valence-electron chi connectivity index (χ0n) is 15.6. The van der Waals surface area contributed by atoms with Crippen molar-refractivity contribution in [2.24, 2.45) is 0 Å². The predicted molar refractivity (Wildman–Crippen MR) is 104 cm³/mol. The maximum absolute atomic E-state index is 13.1. The molecule has 2 aromatic carbocycles. The minimum absolute atomic E-state index is 0.113. The number of rotatable bonds is 4. The molecule has 2 aromatic rings. The lowest BCUT2D eigenvalue weighted by atomic mass is 10.1. The summed E-state index contributed by atoms with van der Waals surface area (Å²) in [5.74, 6) is -0.115. The van der Waals surface area contributed by atoms with Gasteiger partial charge in [-0.25, -0.2) is 4.39 Å². The van der Waals surface area contributed by atoms with Gasteiger partial charge >= 0.3 is 0 Å². The largest absolute Gasteiger partial charge is 0.374 e. The number of anilines is 2. The van der Waals surface area contributed by atoms with E-state index in [1.165, 1.54) is 23.3 Å². The van der Waals surface area contributed by atoms with Crippen LogP contribution in [-0.2, 0) is 4.79 Å². The van der Waals surface area contributed by atoms with Gasteiger partial charge in [0.25, 0.3) is 0 Å². The summed E-state index contributed by atoms with van der Waals surface area (Å²) in [4.78, 5) is 16.8. The predicted octanol–water partition coefficient (Wildman–Crippen LogP) is 3.59. The molecule has 4 nitrogen and oxygen atoms in total. The molecule has 0 saturated carbocycles. The number of nitrogens with zero attached hydrogens (tertiary/aromatic N) is 2. The van der Waals surface area contributed by atoms with Crippen LogP contribution in [-0.4, -0.2) is 43.0 Å². The van der Waals surface area contributed by atoms with Crippen LogP contribution in [0.5, 0.6) is 0 Å². The monoisotopic (exact) mass is 355 g/mol. The molecule has 1 heterocycles. The topological polar surface area (TPSA) is 35.6 Å². The van der Waals surface area contributed by atoms with E-state index in [4.69, 9.17) is 0 Å². The first-order chi connectivity index (χ1) is 12.4. The van der Waals surface area contributed by atoms with E-state index in [2.05, 4.69) is 36.2 Å². The Morgan fingerprint density at radius 3 is 2.27 bits per heavy atom. The number of benzene rings is 2. The fourth-order valence-corrected chi connectivity index (χ4v) is 3.25. The van der Waals surface area contributed by atoms with Gasteiger partial charge in [-0.15, -0.1) is 0 Å². The van der Waals surface area contributed by atoms with E-state index in [1.54, 1.807) is 12.1 Å². The number of halogens is 1. The zero-order chi connectivity index (χ0) is 18.7. The normalized spacial score (nSPS) is 15.7. The molecule has 1 atom stereocenters. The Labute approximate surface area is 154 Å². The van der Waals surface area contributed by atoms with Crippen molar-refractivity contribution in [3.63, 3.8) is 0 Å². The highest BCUT2D eigenvalue weighted by Crippen LogP contribution is 2.19. The van der Waals surface area contributed by atoms with Gasteiger partial charge in [0.15, 0.2) is 0 Å². The second-order valence-electron chi connectivity index (χ2n) is 6.95. The molecule has 1 saturated heterocycles. The van der Waals surface area contributed by atoms with Gasteiger partial charge in [0.2, 0.25) is 5.91 Å². The standard InChI is InChI=1S/C21H26FN3O/c1-15-4-7-19(14-16(15)2)23-17(3)21(26)25-12-10-24(11-13-25)20-8-5-18(22)6-9-20/h4-9,14,17,23H,10-13H2,1-3H3. The smallest absolute Gasteiger partial charge is 0.244 e. The molecule has 5 heteroatoms. The summed E-state index contributed by atoms with van der Waals surface area (Å²) < 4.78 is 13.1. The van der Waals surface area contributed by atoms with Crippen molar-refractivity contribution < 1.29 is 9.18 Å². The van der Waals surface area contributed by atoms with Crippen LogP contribution >= 0.6 is 0 Å². The van der Waals surface area contributed by atoms with E-state index >= 15 is 0 Å². The van der Waals surface area contributed by atoms with Crippen LogP contribution in [0.3, 0.4) is 0 Å². The molecule has 1 aliphatic heterocycles. The number of amides is 1. The zero-order valence-corrected chi connectivity index (χ0v) is 15.6. The number of piperazine rings is 1. The third-order valence-corrected chi connectivity index (χ3v) is 5.04. The van der Waals surface area contributed by atoms with E-state index in [-0.39, 0.29) is 17.8 Å². The van der Waals surface area contributed by atoms with Crippen LogP contribution in [0.2, 0.25) is 0 Å². The van der Waals surface area contributed by atoms with E-state index in [9.17, 15) is 9.18 Å². The number of carbonyl (C=O) groups excluding carboxylic acids is 1. The molecule has 1 unspecified atom stereocenters. The van der Waals surface area contributed by atoms with E-state index in [0.717, 1.165) is 24.5 Å². The second-order valence-corrected chi connectivity index (χ2v) is 6.95. The summed E-state index contributed by atoms with van der Waals surface area (Å²) in [5, 5.41) is 3.31. The fraction of sp³-hybridized carbons (Fsp3) is 0.381. The van der Waals surface area contributed by atoms with Gasteiger partial charge in [-0.05, 0) is 68.3 Å². The lowest BCUT2D eigenvalue weighted by Crippen LogP contribution is -2.52. The molecule has 1 N–H and O–H groups in total. The van der Waals surface area contributed by atoms with Crippen LogP contribution in [0.1, 0.15) is 18.1 Å². The van der Waals surface area contributed by atoms with E-state index < -0.39 is 0 Å². The van der Waals surface area contributed by atoms with Crippen molar-refractivity contribution in [1.82, 2.24) is 4.90 Å². The lowest BCUT2D eigenvalue weighted by Gasteiger charge is -2.37. The summed E-state index contributed by atoms with van der Waals surface area (Å²) in [7, 11) is 0. The van der Waals surface area contributed by atoms with Crippen molar-refractivity contribution >= 4 is 17.3 Å². The van der Waals surface area contributed by atoms with Crippen molar-refractivity contribution in [3.8, 4) is 0 Å². The molecule has 3 rings (SSSR count). The maximum Gasteiger partial charge on any atom is 0.244 e. The van der Waals surface area contributed by atoms with Gasteiger partial charge in [0.05, 0.1) is 0 Å². The Morgan fingerprint density at radius 2 is 1.65 bits per heavy atom. The Bertz CT molecular complexity index is 767. The Morgan fingerprint density at radius 1 is 1.00 bits per heavy atom. The third-order valence-electron chi connectivity index (χ3n) is 5.04. The number of hydrogen-bond donors (Lipinski definition) is 1. The highest BCUT2D eigenvalue weighted by molar-refractivity contribution is 5.84. The molecule has 0 bridgehead atoms. The first kappa shape index (κ1) is 18.2. The van der Waals surface area contributed by atoms with Gasteiger partial charge in [-0.2, -0.15) is 0 Å². The van der Waals surface area contributed by atoms with Gasteiger partial charge in [0.1, 0.15) is 11.9 Å². The first-order valence-corrected chi connectivity index (χ1v) is 9.07. The minimum Gasteiger partial charge on any atom is -0.374 e. The van der Waals surface area contributed by atoms with Crippen LogP contribution < -0.4 is 10.2 Å². The van der Waals surface area contributed by atoms with Crippen molar-refractivity contribution in [3.05, 3.63) is 59.4 Å². The number of hydrogen-bond acceptors (Lipinski definition) is 3. The Kier molecular flexibility index (Phi) is 5.45. The number of aryl methyl sites for hydroxylation is 2. The highest BCUT2D eigenvalue weighted by atomic mass is 19.1. The van der Waals surface area contributed by atoms with Crippen molar-refractivity contribution in [2.45, 2.75) is 26.8 Å². The van der Waals surface area contributed by atoms with Crippen LogP contribution in [0, 0.1) is 19.7 Å². The summed E-state index contributed by atoms with van der Waals surface area (Å²) >= 11 is 0. The molecule has 1 fully saturated rings. The molecule has 0 radical (unpaired) electrons. The Hall–Kier alpha value is -2.56. The van der Waals surface area contributed by atoms with Crippen LogP contribution in [0.15, 0.2) is 42.5 Å².